The van der Waals surface area contributed by atoms with Crippen LogP contribution in [0.1, 0.15) is 30.7 Å². The maximum absolute atomic E-state index is 12.6. The number of nitrogens with zero attached hydrogens (tertiary/aromatic N) is 6. The van der Waals surface area contributed by atoms with Crippen molar-refractivity contribution in [1.29, 1.82) is 0 Å². The predicted molar refractivity (Wildman–Crippen MR) is 120 cm³/mol. The number of urea groups is 1. The lowest BCUT2D eigenvalue weighted by Crippen LogP contribution is -2.48. The number of amides is 2. The van der Waals surface area contributed by atoms with E-state index in [-0.39, 0.29) is 17.6 Å². The summed E-state index contributed by atoms with van der Waals surface area (Å²) in [7, 11) is 1.68. The van der Waals surface area contributed by atoms with Crippen LogP contribution in [0.3, 0.4) is 0 Å². The van der Waals surface area contributed by atoms with Gasteiger partial charge in [-0.25, -0.2) is 14.5 Å². The van der Waals surface area contributed by atoms with E-state index in [1.165, 1.54) is 10.2 Å². The summed E-state index contributed by atoms with van der Waals surface area (Å²) in [4.78, 5) is 18.5. The molecule has 1 atom stereocenters. The molecular weight excluding hydrogens is 446 g/mol. The van der Waals surface area contributed by atoms with Crippen molar-refractivity contribution in [3.8, 4) is 11.6 Å². The molecule has 172 valence electrons. The van der Waals surface area contributed by atoms with Crippen molar-refractivity contribution in [2.24, 2.45) is 7.05 Å². The van der Waals surface area contributed by atoms with Crippen LogP contribution in [0.25, 0.3) is 0 Å². The first-order valence-electron chi connectivity index (χ1n) is 10.8. The van der Waals surface area contributed by atoms with Gasteiger partial charge in [-0.3, -0.25) is 5.32 Å². The molecule has 33 heavy (non-hydrogen) atoms. The number of halogens is 1. The highest BCUT2D eigenvalue weighted by molar-refractivity contribution is 6.30. The average molecular weight is 470 g/mol. The van der Waals surface area contributed by atoms with Crippen molar-refractivity contribution in [2.75, 3.05) is 25.0 Å². The molecule has 0 bridgehead atoms. The van der Waals surface area contributed by atoms with Crippen molar-refractivity contribution in [1.82, 2.24) is 30.1 Å². The number of hydrogen-bond acceptors (Lipinski definition) is 7. The third-order valence-electron chi connectivity index (χ3n) is 6.26. The molecule has 5 rings (SSSR count). The van der Waals surface area contributed by atoms with Crippen molar-refractivity contribution in [2.45, 2.75) is 30.8 Å². The second kappa shape index (κ2) is 8.95. The standard InChI is InChI=1S/C22H24ClN7O3/c1-29-20(26-27-28-29)25-21(31)30-9-7-22(8-10-30)12-16(14-32-22)15-3-2-4-18(11-15)33-19-6-5-17(23)13-24-19/h2-6,11,13,16H,7-10,12,14H2,1H3,(H,25,26,28,31)/t16-/m0/s1. The minimum atomic E-state index is -0.206. The van der Waals surface area contributed by atoms with E-state index in [0.717, 1.165) is 25.0 Å². The number of piperidine rings is 1. The highest BCUT2D eigenvalue weighted by Crippen LogP contribution is 2.43. The first-order valence-corrected chi connectivity index (χ1v) is 11.2. The Bertz CT molecular complexity index is 1130. The summed E-state index contributed by atoms with van der Waals surface area (Å²) >= 11 is 5.90. The van der Waals surface area contributed by atoms with Crippen LogP contribution in [-0.2, 0) is 11.8 Å². The van der Waals surface area contributed by atoms with Gasteiger partial charge in [0, 0.05) is 38.3 Å². The number of aromatic nitrogens is 5. The fourth-order valence-corrected chi connectivity index (χ4v) is 4.52. The number of ether oxygens (including phenoxy) is 2. The highest BCUT2D eigenvalue weighted by Gasteiger charge is 2.44. The largest absolute Gasteiger partial charge is 0.439 e. The number of hydrogen-bond donors (Lipinski definition) is 1. The number of carbonyl (C=O) groups is 1. The van der Waals surface area contributed by atoms with Gasteiger partial charge in [0.25, 0.3) is 5.95 Å². The molecule has 1 spiro atoms. The SMILES string of the molecule is Cn1nnnc1NC(=O)N1CCC2(CC1)C[C@H](c1cccc(Oc3ccc(Cl)cn3)c1)CO2. The van der Waals surface area contributed by atoms with E-state index in [1.54, 1.807) is 30.3 Å². The Hall–Kier alpha value is -3.24. The molecule has 0 saturated carbocycles. The van der Waals surface area contributed by atoms with Crippen molar-refractivity contribution >= 4 is 23.6 Å². The van der Waals surface area contributed by atoms with Gasteiger partial charge in [0.1, 0.15) is 5.75 Å². The van der Waals surface area contributed by atoms with E-state index < -0.39 is 0 Å². The summed E-state index contributed by atoms with van der Waals surface area (Å²) in [5.74, 6) is 1.83. The number of anilines is 1. The third kappa shape index (κ3) is 4.76. The summed E-state index contributed by atoms with van der Waals surface area (Å²) < 4.78 is 13.6. The minimum absolute atomic E-state index is 0.196. The maximum atomic E-state index is 12.6. The fraction of sp³-hybridized carbons (Fsp3) is 0.409. The van der Waals surface area contributed by atoms with Gasteiger partial charge in [-0.05, 0) is 53.5 Å². The quantitative estimate of drug-likeness (QED) is 0.621. The lowest BCUT2D eigenvalue weighted by atomic mass is 9.83. The number of likely N-dealkylation sites (tertiary alicyclic amines) is 1. The van der Waals surface area contributed by atoms with Gasteiger partial charge in [-0.1, -0.05) is 28.8 Å². The molecule has 0 aliphatic carbocycles. The molecule has 4 heterocycles. The molecule has 1 N–H and O–H groups in total. The lowest BCUT2D eigenvalue weighted by Gasteiger charge is -2.38. The Morgan fingerprint density at radius 1 is 1.27 bits per heavy atom. The fourth-order valence-electron chi connectivity index (χ4n) is 4.41. The van der Waals surface area contributed by atoms with Crippen LogP contribution < -0.4 is 10.1 Å². The van der Waals surface area contributed by atoms with Gasteiger partial charge in [0.05, 0.1) is 17.2 Å². The van der Waals surface area contributed by atoms with Crippen LogP contribution in [0.5, 0.6) is 11.6 Å². The van der Waals surface area contributed by atoms with Gasteiger partial charge in [0.2, 0.25) is 5.88 Å². The van der Waals surface area contributed by atoms with Crippen LogP contribution in [0, 0.1) is 0 Å². The number of nitrogens with one attached hydrogen (secondary N) is 1. The lowest BCUT2D eigenvalue weighted by molar-refractivity contribution is -0.0355. The Balaban J connectivity index is 1.18. The smallest absolute Gasteiger partial charge is 0.324 e. The summed E-state index contributed by atoms with van der Waals surface area (Å²) in [6.07, 6.45) is 4.06. The van der Waals surface area contributed by atoms with E-state index in [0.29, 0.717) is 36.5 Å². The molecule has 2 amide bonds. The summed E-state index contributed by atoms with van der Waals surface area (Å²) in [6.45, 7) is 1.89. The highest BCUT2D eigenvalue weighted by atomic mass is 35.5. The van der Waals surface area contributed by atoms with Crippen LogP contribution in [0.4, 0.5) is 10.7 Å². The first-order chi connectivity index (χ1) is 16.0. The predicted octanol–water partition coefficient (Wildman–Crippen LogP) is 3.62. The molecule has 0 unspecified atom stereocenters. The molecule has 1 aromatic carbocycles. The number of pyridine rings is 1. The van der Waals surface area contributed by atoms with E-state index in [2.05, 4.69) is 31.9 Å². The van der Waals surface area contributed by atoms with E-state index in [4.69, 9.17) is 21.1 Å². The van der Waals surface area contributed by atoms with Crippen LogP contribution in [0.15, 0.2) is 42.6 Å². The molecule has 11 heteroatoms. The zero-order valence-corrected chi connectivity index (χ0v) is 18.9. The number of tetrazole rings is 1. The molecule has 3 aromatic rings. The normalized spacial score (nSPS) is 19.6. The molecule has 2 aliphatic rings. The Kier molecular flexibility index (Phi) is 5.86. The van der Waals surface area contributed by atoms with E-state index in [9.17, 15) is 4.79 Å². The molecule has 10 nitrogen and oxygen atoms in total. The Morgan fingerprint density at radius 3 is 2.85 bits per heavy atom. The van der Waals surface area contributed by atoms with Gasteiger partial charge in [-0.15, -0.1) is 0 Å². The van der Waals surface area contributed by atoms with Crippen LogP contribution in [0.2, 0.25) is 5.02 Å². The van der Waals surface area contributed by atoms with Gasteiger partial charge in [0.15, 0.2) is 0 Å². The summed E-state index contributed by atoms with van der Waals surface area (Å²) in [5, 5.41) is 14.4. The molecule has 2 fully saturated rings. The van der Waals surface area contributed by atoms with E-state index >= 15 is 0 Å². The number of benzene rings is 1. The molecule has 0 radical (unpaired) electrons. The van der Waals surface area contributed by atoms with Crippen LogP contribution in [-0.4, -0.2) is 61.4 Å². The Morgan fingerprint density at radius 2 is 2.12 bits per heavy atom. The first kappa shape index (κ1) is 21.6. The summed E-state index contributed by atoms with van der Waals surface area (Å²) in [5.41, 5.74) is 0.968. The monoisotopic (exact) mass is 469 g/mol. The maximum Gasteiger partial charge on any atom is 0.324 e. The third-order valence-corrected chi connectivity index (χ3v) is 6.49. The molecule has 2 aromatic heterocycles. The van der Waals surface area contributed by atoms with Gasteiger partial charge >= 0.3 is 6.03 Å². The molecule has 2 saturated heterocycles. The number of rotatable bonds is 4. The second-order valence-electron chi connectivity index (χ2n) is 8.43. The average Bonchev–Trinajstić information content (AvgIpc) is 3.42. The zero-order chi connectivity index (χ0) is 22.8. The van der Waals surface area contributed by atoms with Crippen LogP contribution >= 0.6 is 11.6 Å². The van der Waals surface area contributed by atoms with Crippen molar-refractivity contribution in [3.63, 3.8) is 0 Å². The number of aryl methyl sites for hydroxylation is 1. The zero-order valence-electron chi connectivity index (χ0n) is 18.1. The second-order valence-corrected chi connectivity index (χ2v) is 8.86. The van der Waals surface area contributed by atoms with Gasteiger partial charge in [-0.2, -0.15) is 0 Å². The van der Waals surface area contributed by atoms with E-state index in [1.807, 2.05) is 18.2 Å². The molecule has 2 aliphatic heterocycles. The topological polar surface area (TPSA) is 107 Å². The molecular formula is C22H24ClN7O3. The number of carbonyl (C=O) groups excluding carboxylic acids is 1. The summed E-state index contributed by atoms with van der Waals surface area (Å²) in [6, 6.07) is 11.3. The van der Waals surface area contributed by atoms with Crippen molar-refractivity contribution < 1.29 is 14.3 Å². The minimum Gasteiger partial charge on any atom is -0.439 e. The van der Waals surface area contributed by atoms with Crippen molar-refractivity contribution in [3.05, 3.63) is 53.2 Å². The Labute approximate surface area is 195 Å². The van der Waals surface area contributed by atoms with Gasteiger partial charge < -0.3 is 14.4 Å².